The molecule has 196 valence electrons. The number of carbonyl (C=O) groups excluding carboxylic acids is 1. The molecule has 8 nitrogen and oxygen atoms in total. The zero-order valence-corrected chi connectivity index (χ0v) is 21.3. The summed E-state index contributed by atoms with van der Waals surface area (Å²) in [6.45, 7) is 0. The van der Waals surface area contributed by atoms with Gasteiger partial charge in [-0.15, -0.1) is 0 Å². The van der Waals surface area contributed by atoms with Gasteiger partial charge in [0.2, 0.25) is 0 Å². The fourth-order valence-corrected chi connectivity index (χ4v) is 5.93. The monoisotopic (exact) mass is 542 g/mol. The molecule has 6 rings (SSSR count). The maximum Gasteiger partial charge on any atom is 0.329 e. The van der Waals surface area contributed by atoms with Crippen LogP contribution in [0.3, 0.4) is 0 Å². The van der Waals surface area contributed by atoms with Crippen molar-refractivity contribution in [3.8, 4) is 16.8 Å². The Bertz CT molecular complexity index is 1740. The standard InChI is InChI=1S/C29H23FN4O4S/c30-25-8-4-5-9-26(25)39(36,37)33-28(35)32-29(18-24(29)21-6-2-1-3-7-21)27-31-15-16-34(27)23-12-10-20(11-13-23)22-14-17-38-19-22/h1-17,19,24H,18H2,(H2,32,33,35)/t24-,29?/m1/s1. The predicted molar refractivity (Wildman–Crippen MR) is 142 cm³/mol. The molecular formula is C29H23FN4O4S. The van der Waals surface area contributed by atoms with Gasteiger partial charge in [-0.3, -0.25) is 0 Å². The summed E-state index contributed by atoms with van der Waals surface area (Å²) in [6, 6.07) is 23.2. The Hall–Kier alpha value is -4.70. The quantitative estimate of drug-likeness (QED) is 0.289. The van der Waals surface area contributed by atoms with Crippen LogP contribution in [-0.4, -0.2) is 24.0 Å². The van der Waals surface area contributed by atoms with E-state index >= 15 is 0 Å². The van der Waals surface area contributed by atoms with E-state index in [-0.39, 0.29) is 5.92 Å². The molecule has 10 heteroatoms. The Morgan fingerprint density at radius 2 is 1.72 bits per heavy atom. The Morgan fingerprint density at radius 3 is 2.44 bits per heavy atom. The lowest BCUT2D eigenvalue weighted by Crippen LogP contribution is -2.46. The summed E-state index contributed by atoms with van der Waals surface area (Å²) in [7, 11) is -4.45. The predicted octanol–water partition coefficient (Wildman–Crippen LogP) is 5.34. The molecule has 2 amide bonds. The number of furan rings is 1. The second-order valence-corrected chi connectivity index (χ2v) is 11.0. The Balaban J connectivity index is 1.33. The molecule has 1 fully saturated rings. The van der Waals surface area contributed by atoms with Crippen molar-refractivity contribution in [1.29, 1.82) is 0 Å². The van der Waals surface area contributed by atoms with E-state index in [2.05, 4.69) is 10.3 Å². The average Bonchev–Trinajstić information content (AvgIpc) is 3.30. The van der Waals surface area contributed by atoms with E-state index in [9.17, 15) is 17.6 Å². The summed E-state index contributed by atoms with van der Waals surface area (Å²) in [5.41, 5.74) is 2.72. The van der Waals surface area contributed by atoms with Crippen LogP contribution in [0.5, 0.6) is 0 Å². The highest BCUT2D eigenvalue weighted by atomic mass is 32.2. The van der Waals surface area contributed by atoms with Gasteiger partial charge in [-0.25, -0.2) is 27.3 Å². The molecule has 1 unspecified atom stereocenters. The molecule has 1 aliphatic carbocycles. The molecule has 0 saturated heterocycles. The number of nitrogens with zero attached hydrogens (tertiary/aromatic N) is 2. The van der Waals surface area contributed by atoms with Crippen LogP contribution in [0.15, 0.2) is 119 Å². The number of hydrogen-bond acceptors (Lipinski definition) is 5. The molecule has 0 bridgehead atoms. The number of urea groups is 1. The molecule has 1 aliphatic rings. The molecular weight excluding hydrogens is 519 g/mol. The number of halogens is 1. The Morgan fingerprint density at radius 1 is 0.974 bits per heavy atom. The van der Waals surface area contributed by atoms with Gasteiger partial charge in [-0.05, 0) is 47.9 Å². The zero-order chi connectivity index (χ0) is 27.0. The average molecular weight is 543 g/mol. The van der Waals surface area contributed by atoms with Crippen LogP contribution in [0.4, 0.5) is 9.18 Å². The van der Waals surface area contributed by atoms with Crippen molar-refractivity contribution < 1.29 is 22.0 Å². The molecule has 2 N–H and O–H groups in total. The summed E-state index contributed by atoms with van der Waals surface area (Å²) in [5, 5.41) is 2.86. The molecule has 2 heterocycles. The van der Waals surface area contributed by atoms with Crippen LogP contribution >= 0.6 is 0 Å². The molecule has 3 aromatic carbocycles. The van der Waals surface area contributed by atoms with E-state index in [1.165, 1.54) is 12.1 Å². The van der Waals surface area contributed by atoms with Crippen molar-refractivity contribution in [3.05, 3.63) is 127 Å². The van der Waals surface area contributed by atoms with Crippen LogP contribution < -0.4 is 10.0 Å². The number of imidazole rings is 1. The lowest BCUT2D eigenvalue weighted by molar-refractivity contribution is 0.239. The third kappa shape index (κ3) is 4.59. The summed E-state index contributed by atoms with van der Waals surface area (Å²) >= 11 is 0. The van der Waals surface area contributed by atoms with E-state index in [0.29, 0.717) is 12.2 Å². The largest absolute Gasteiger partial charge is 0.472 e. The molecule has 2 aromatic heterocycles. The van der Waals surface area contributed by atoms with Gasteiger partial charge in [0.1, 0.15) is 22.1 Å². The van der Waals surface area contributed by atoms with Gasteiger partial charge in [0.15, 0.2) is 0 Å². The van der Waals surface area contributed by atoms with Gasteiger partial charge in [-0.1, -0.05) is 54.6 Å². The van der Waals surface area contributed by atoms with E-state index in [1.807, 2.05) is 70.0 Å². The van der Waals surface area contributed by atoms with Crippen LogP contribution in [0, 0.1) is 5.82 Å². The fraction of sp³-hybridized carbons (Fsp3) is 0.103. The summed E-state index contributed by atoms with van der Waals surface area (Å²) in [4.78, 5) is 17.1. The maximum absolute atomic E-state index is 14.2. The third-order valence-corrected chi connectivity index (χ3v) is 8.26. The molecule has 1 saturated carbocycles. The van der Waals surface area contributed by atoms with Crippen LogP contribution in [0.25, 0.3) is 16.8 Å². The van der Waals surface area contributed by atoms with Gasteiger partial charge in [0.05, 0.1) is 12.5 Å². The van der Waals surface area contributed by atoms with Crippen molar-refractivity contribution in [3.63, 3.8) is 0 Å². The number of amides is 2. The zero-order valence-electron chi connectivity index (χ0n) is 20.5. The first-order chi connectivity index (χ1) is 18.9. The van der Waals surface area contributed by atoms with E-state index in [1.54, 1.807) is 24.9 Å². The highest BCUT2D eigenvalue weighted by Gasteiger charge is 2.60. The maximum atomic E-state index is 14.2. The lowest BCUT2D eigenvalue weighted by atomic mass is 10.0. The van der Waals surface area contributed by atoms with Crippen LogP contribution in [0.2, 0.25) is 0 Å². The number of sulfonamides is 1. The summed E-state index contributed by atoms with van der Waals surface area (Å²) in [5.74, 6) is -0.562. The first kappa shape index (κ1) is 24.6. The van der Waals surface area contributed by atoms with E-state index in [4.69, 9.17) is 4.42 Å². The van der Waals surface area contributed by atoms with Crippen molar-refractivity contribution in [2.75, 3.05) is 0 Å². The highest BCUT2D eigenvalue weighted by Crippen LogP contribution is 2.58. The number of hydrogen-bond donors (Lipinski definition) is 2. The number of carbonyl (C=O) groups is 1. The topological polar surface area (TPSA) is 106 Å². The first-order valence-electron chi connectivity index (χ1n) is 12.2. The highest BCUT2D eigenvalue weighted by molar-refractivity contribution is 7.90. The first-order valence-corrected chi connectivity index (χ1v) is 13.7. The Kier molecular flexibility index (Phi) is 6.03. The lowest BCUT2D eigenvalue weighted by Gasteiger charge is -2.22. The molecule has 39 heavy (non-hydrogen) atoms. The normalized spacial score (nSPS) is 18.4. The summed E-state index contributed by atoms with van der Waals surface area (Å²) in [6.07, 6.45) is 7.20. The van der Waals surface area contributed by atoms with E-state index < -0.39 is 32.3 Å². The Labute approximate surface area is 224 Å². The van der Waals surface area contributed by atoms with Crippen molar-refractivity contribution in [1.82, 2.24) is 19.6 Å². The minimum Gasteiger partial charge on any atom is -0.472 e. The second-order valence-electron chi connectivity index (χ2n) is 9.31. The molecule has 0 spiro atoms. The van der Waals surface area contributed by atoms with Crippen molar-refractivity contribution in [2.24, 2.45) is 0 Å². The smallest absolute Gasteiger partial charge is 0.329 e. The number of nitrogens with one attached hydrogen (secondary N) is 2. The van der Waals surface area contributed by atoms with Crippen LogP contribution in [0.1, 0.15) is 23.7 Å². The minimum atomic E-state index is -4.45. The third-order valence-electron chi connectivity index (χ3n) is 6.89. The van der Waals surface area contributed by atoms with Crippen molar-refractivity contribution >= 4 is 16.1 Å². The van der Waals surface area contributed by atoms with Gasteiger partial charge in [-0.2, -0.15) is 0 Å². The second kappa shape index (κ2) is 9.55. The molecule has 0 radical (unpaired) electrons. The van der Waals surface area contributed by atoms with Gasteiger partial charge in [0.25, 0.3) is 10.0 Å². The van der Waals surface area contributed by atoms with Gasteiger partial charge < -0.3 is 14.3 Å². The molecule has 0 aliphatic heterocycles. The fourth-order valence-electron chi connectivity index (χ4n) is 4.94. The number of benzene rings is 3. The summed E-state index contributed by atoms with van der Waals surface area (Å²) < 4.78 is 48.8. The SMILES string of the molecule is O=C(NC1(c2nccn2-c2ccc(-c3ccoc3)cc2)C[C@@H]1c1ccccc1)NS(=O)(=O)c1ccccc1F. The van der Waals surface area contributed by atoms with E-state index in [0.717, 1.165) is 34.5 Å². The van der Waals surface area contributed by atoms with Gasteiger partial charge in [0, 0.05) is 29.6 Å². The molecule has 5 aromatic rings. The minimum absolute atomic E-state index is 0.160. The van der Waals surface area contributed by atoms with Crippen LogP contribution in [-0.2, 0) is 15.6 Å². The number of aromatic nitrogens is 2. The van der Waals surface area contributed by atoms with Crippen molar-refractivity contribution in [2.45, 2.75) is 22.8 Å². The van der Waals surface area contributed by atoms with Gasteiger partial charge >= 0.3 is 6.03 Å². The number of rotatable bonds is 7. The molecule has 2 atom stereocenters.